The van der Waals surface area contributed by atoms with Crippen molar-refractivity contribution in [3.05, 3.63) is 0 Å². The van der Waals surface area contributed by atoms with Crippen molar-refractivity contribution in [3.8, 4) is 0 Å². The zero-order chi connectivity index (χ0) is 14.5. The second-order valence-electron chi connectivity index (χ2n) is 6.81. The van der Waals surface area contributed by atoms with E-state index in [2.05, 4.69) is 15.5 Å². The summed E-state index contributed by atoms with van der Waals surface area (Å²) in [6, 6.07) is 0.992. The largest absolute Gasteiger partial charge is 0.381 e. The molecule has 0 aromatic heterocycles. The van der Waals surface area contributed by atoms with Crippen molar-refractivity contribution in [2.45, 2.75) is 50.6 Å². The topological polar surface area (TPSA) is 53.6 Å². The molecule has 21 heavy (non-hydrogen) atoms. The van der Waals surface area contributed by atoms with Gasteiger partial charge in [-0.05, 0) is 57.5 Å². The molecular weight excluding hydrogens is 266 g/mol. The van der Waals surface area contributed by atoms with Crippen molar-refractivity contribution in [2.75, 3.05) is 39.4 Å². The predicted molar refractivity (Wildman–Crippen MR) is 82.2 cm³/mol. The molecule has 2 N–H and O–H groups in total. The molecule has 0 spiro atoms. The first kappa shape index (κ1) is 15.3. The quantitative estimate of drug-likeness (QED) is 0.759. The lowest BCUT2D eigenvalue weighted by molar-refractivity contribution is -0.123. The van der Waals surface area contributed by atoms with E-state index in [0.29, 0.717) is 18.6 Å². The highest BCUT2D eigenvalue weighted by atomic mass is 16.5. The smallest absolute Gasteiger partial charge is 0.234 e. The van der Waals surface area contributed by atoms with Crippen LogP contribution in [0.5, 0.6) is 0 Å². The number of nitrogens with zero attached hydrogens (tertiary/aromatic N) is 1. The third-order valence-corrected chi connectivity index (χ3v) is 4.95. The Morgan fingerprint density at radius 2 is 1.81 bits per heavy atom. The van der Waals surface area contributed by atoms with Gasteiger partial charge in [0.1, 0.15) is 0 Å². The molecule has 2 aliphatic heterocycles. The summed E-state index contributed by atoms with van der Waals surface area (Å²) in [6.07, 6.45) is 6.98. The van der Waals surface area contributed by atoms with Gasteiger partial charge in [0.15, 0.2) is 0 Å². The van der Waals surface area contributed by atoms with Crippen LogP contribution in [0.4, 0.5) is 0 Å². The van der Waals surface area contributed by atoms with Crippen LogP contribution in [-0.2, 0) is 9.53 Å². The first-order valence-corrected chi connectivity index (χ1v) is 8.63. The van der Waals surface area contributed by atoms with Gasteiger partial charge in [0.05, 0.1) is 6.54 Å². The van der Waals surface area contributed by atoms with Crippen LogP contribution in [0, 0.1) is 5.92 Å². The van der Waals surface area contributed by atoms with Crippen molar-refractivity contribution in [2.24, 2.45) is 5.92 Å². The highest BCUT2D eigenvalue weighted by Gasteiger charge is 2.32. The van der Waals surface area contributed by atoms with Gasteiger partial charge in [0.2, 0.25) is 5.91 Å². The maximum absolute atomic E-state index is 12.3. The van der Waals surface area contributed by atoms with Crippen LogP contribution in [0.1, 0.15) is 38.5 Å². The lowest BCUT2D eigenvalue weighted by atomic mass is 9.97. The minimum absolute atomic E-state index is 0.211. The molecule has 1 amide bonds. The maximum Gasteiger partial charge on any atom is 0.234 e. The molecule has 0 atom stereocenters. The number of rotatable bonds is 6. The summed E-state index contributed by atoms with van der Waals surface area (Å²) >= 11 is 0. The van der Waals surface area contributed by atoms with E-state index < -0.39 is 0 Å². The van der Waals surface area contributed by atoms with Crippen LogP contribution >= 0.6 is 0 Å². The Morgan fingerprint density at radius 3 is 2.48 bits per heavy atom. The molecule has 2 heterocycles. The summed E-state index contributed by atoms with van der Waals surface area (Å²) in [5, 5.41) is 6.61. The molecule has 120 valence electrons. The third kappa shape index (κ3) is 4.94. The second kappa shape index (κ2) is 7.56. The van der Waals surface area contributed by atoms with E-state index in [4.69, 9.17) is 4.74 Å². The van der Waals surface area contributed by atoms with Crippen LogP contribution in [0.2, 0.25) is 0 Å². The number of piperidine rings is 1. The van der Waals surface area contributed by atoms with E-state index in [1.165, 1.54) is 25.7 Å². The van der Waals surface area contributed by atoms with Gasteiger partial charge in [-0.3, -0.25) is 9.69 Å². The van der Waals surface area contributed by atoms with E-state index >= 15 is 0 Å². The minimum atomic E-state index is 0.211. The molecule has 0 unspecified atom stereocenters. The van der Waals surface area contributed by atoms with Gasteiger partial charge in [-0.15, -0.1) is 0 Å². The molecule has 1 saturated carbocycles. The molecule has 0 radical (unpaired) electrons. The SMILES string of the molecule is O=C(CN(CC1CCNCC1)C1CC1)NC1CCOCC1. The summed E-state index contributed by atoms with van der Waals surface area (Å²) in [7, 11) is 0. The van der Waals surface area contributed by atoms with E-state index in [9.17, 15) is 4.79 Å². The predicted octanol–water partition coefficient (Wildman–Crippen LogP) is 0.746. The Bertz CT molecular complexity index is 334. The highest BCUT2D eigenvalue weighted by molar-refractivity contribution is 5.78. The average molecular weight is 295 g/mol. The molecular formula is C16H29N3O2. The molecule has 3 rings (SSSR count). The third-order valence-electron chi connectivity index (χ3n) is 4.95. The Kier molecular flexibility index (Phi) is 5.49. The highest BCUT2D eigenvalue weighted by Crippen LogP contribution is 2.28. The fourth-order valence-electron chi connectivity index (χ4n) is 3.48. The number of carbonyl (C=O) groups excluding carboxylic acids is 1. The maximum atomic E-state index is 12.3. The molecule has 2 saturated heterocycles. The van der Waals surface area contributed by atoms with E-state index in [1.807, 2.05) is 0 Å². The molecule has 0 bridgehead atoms. The number of hydrogen-bond acceptors (Lipinski definition) is 4. The fourth-order valence-corrected chi connectivity index (χ4v) is 3.48. The van der Waals surface area contributed by atoms with Crippen LogP contribution < -0.4 is 10.6 Å². The average Bonchev–Trinajstić information content (AvgIpc) is 3.33. The lowest BCUT2D eigenvalue weighted by Crippen LogP contribution is -2.46. The molecule has 0 aromatic rings. The zero-order valence-corrected chi connectivity index (χ0v) is 13.0. The van der Waals surface area contributed by atoms with Gasteiger partial charge < -0.3 is 15.4 Å². The Hall–Kier alpha value is -0.650. The van der Waals surface area contributed by atoms with Gasteiger partial charge in [0.25, 0.3) is 0 Å². The van der Waals surface area contributed by atoms with E-state index in [1.54, 1.807) is 0 Å². The minimum Gasteiger partial charge on any atom is -0.381 e. The summed E-state index contributed by atoms with van der Waals surface area (Å²) in [6.45, 7) is 5.53. The zero-order valence-electron chi connectivity index (χ0n) is 13.0. The molecule has 5 nitrogen and oxygen atoms in total. The molecule has 5 heteroatoms. The standard InChI is InChI=1S/C16H29N3O2/c20-16(18-14-5-9-21-10-6-14)12-19(15-1-2-15)11-13-3-7-17-8-4-13/h13-15,17H,1-12H2,(H,18,20). The fraction of sp³-hybridized carbons (Fsp3) is 0.938. The lowest BCUT2D eigenvalue weighted by Gasteiger charge is -2.30. The van der Waals surface area contributed by atoms with Crippen molar-refractivity contribution in [3.63, 3.8) is 0 Å². The van der Waals surface area contributed by atoms with E-state index in [0.717, 1.165) is 51.6 Å². The Morgan fingerprint density at radius 1 is 1.10 bits per heavy atom. The molecule has 0 aromatic carbocycles. The van der Waals surface area contributed by atoms with Gasteiger partial charge in [-0.1, -0.05) is 0 Å². The monoisotopic (exact) mass is 295 g/mol. The normalized spacial score (nSPS) is 25.2. The van der Waals surface area contributed by atoms with Gasteiger partial charge >= 0.3 is 0 Å². The van der Waals surface area contributed by atoms with Crippen molar-refractivity contribution in [1.82, 2.24) is 15.5 Å². The number of carbonyl (C=O) groups is 1. The number of hydrogen-bond donors (Lipinski definition) is 2. The first-order chi connectivity index (χ1) is 10.3. The molecule has 1 aliphatic carbocycles. The summed E-state index contributed by atoms with van der Waals surface area (Å²) < 4.78 is 5.34. The number of nitrogens with one attached hydrogen (secondary N) is 2. The number of ether oxygens (including phenoxy) is 1. The van der Waals surface area contributed by atoms with Crippen molar-refractivity contribution < 1.29 is 9.53 Å². The van der Waals surface area contributed by atoms with Crippen LogP contribution in [-0.4, -0.2) is 62.3 Å². The number of amides is 1. The van der Waals surface area contributed by atoms with E-state index in [-0.39, 0.29) is 5.91 Å². The van der Waals surface area contributed by atoms with Gasteiger partial charge in [-0.2, -0.15) is 0 Å². The van der Waals surface area contributed by atoms with Gasteiger partial charge in [-0.25, -0.2) is 0 Å². The van der Waals surface area contributed by atoms with Crippen LogP contribution in [0.15, 0.2) is 0 Å². The summed E-state index contributed by atoms with van der Waals surface area (Å²) in [5.41, 5.74) is 0. The second-order valence-corrected chi connectivity index (χ2v) is 6.81. The molecule has 3 fully saturated rings. The van der Waals surface area contributed by atoms with Crippen LogP contribution in [0.25, 0.3) is 0 Å². The Labute approximate surface area is 127 Å². The van der Waals surface area contributed by atoms with Gasteiger partial charge in [0, 0.05) is 31.8 Å². The molecule has 3 aliphatic rings. The van der Waals surface area contributed by atoms with Crippen molar-refractivity contribution in [1.29, 1.82) is 0 Å². The summed E-state index contributed by atoms with van der Waals surface area (Å²) in [5.74, 6) is 0.977. The van der Waals surface area contributed by atoms with Crippen LogP contribution in [0.3, 0.4) is 0 Å². The first-order valence-electron chi connectivity index (χ1n) is 8.63. The summed E-state index contributed by atoms with van der Waals surface area (Å²) in [4.78, 5) is 14.7. The Balaban J connectivity index is 1.44. The van der Waals surface area contributed by atoms with Crippen molar-refractivity contribution >= 4 is 5.91 Å².